The third kappa shape index (κ3) is 3.12. The number of rotatable bonds is 2. The molecule has 0 fully saturated rings. The number of para-hydroxylation sites is 1. The number of nitrogens with zero attached hydrogens (tertiary/aromatic N) is 1. The summed E-state index contributed by atoms with van der Waals surface area (Å²) in [5.41, 5.74) is 6.95. The van der Waals surface area contributed by atoms with Gasteiger partial charge in [0.25, 0.3) is 0 Å². The van der Waals surface area contributed by atoms with Crippen molar-refractivity contribution in [2.24, 2.45) is 10.7 Å². The lowest BCUT2D eigenvalue weighted by Gasteiger charge is -1.94. The highest BCUT2D eigenvalue weighted by Gasteiger charge is 1.94. The van der Waals surface area contributed by atoms with Crippen molar-refractivity contribution in [3.05, 3.63) is 29.8 Å². The van der Waals surface area contributed by atoms with Crippen molar-refractivity contribution in [2.45, 2.75) is 6.42 Å². The van der Waals surface area contributed by atoms with Crippen molar-refractivity contribution < 1.29 is 0 Å². The highest BCUT2D eigenvalue weighted by Crippen LogP contribution is 2.16. The largest absolute Gasteiger partial charge is 0.330 e. The summed E-state index contributed by atoms with van der Waals surface area (Å²) >= 11 is 4.54. The quantitative estimate of drug-likeness (QED) is 0.453. The van der Waals surface area contributed by atoms with E-state index in [2.05, 4.69) is 34.2 Å². The van der Waals surface area contributed by atoms with E-state index in [0.717, 1.165) is 11.3 Å². The van der Waals surface area contributed by atoms with Crippen molar-refractivity contribution in [3.63, 3.8) is 0 Å². The van der Waals surface area contributed by atoms with Gasteiger partial charge in [0.1, 0.15) is 0 Å². The molecular formula is C11H10N2S. The second kappa shape index (κ2) is 6.06. The van der Waals surface area contributed by atoms with Gasteiger partial charge in [0.15, 0.2) is 0 Å². The van der Waals surface area contributed by atoms with Crippen molar-refractivity contribution >= 4 is 23.1 Å². The molecule has 0 bridgehead atoms. The lowest BCUT2D eigenvalue weighted by molar-refractivity contribution is 1.03. The maximum Gasteiger partial charge on any atom is 0.0895 e. The number of hydrogen-bond donors (Lipinski definition) is 1. The van der Waals surface area contributed by atoms with E-state index in [1.165, 1.54) is 0 Å². The van der Waals surface area contributed by atoms with Crippen molar-refractivity contribution in [3.8, 4) is 11.8 Å². The van der Waals surface area contributed by atoms with Crippen LogP contribution in [0, 0.1) is 11.8 Å². The van der Waals surface area contributed by atoms with Crippen LogP contribution in [-0.2, 0) is 0 Å². The third-order valence-electron chi connectivity index (χ3n) is 1.56. The molecule has 1 aromatic carbocycles. The summed E-state index contributed by atoms with van der Waals surface area (Å²) in [5.74, 6) is 5.94. The van der Waals surface area contributed by atoms with Gasteiger partial charge in [0.05, 0.1) is 16.4 Å². The van der Waals surface area contributed by atoms with Crippen LogP contribution in [-0.4, -0.2) is 11.7 Å². The molecule has 2 N–H and O–H groups in total. The third-order valence-corrected chi connectivity index (χ3v) is 1.65. The van der Waals surface area contributed by atoms with Gasteiger partial charge in [-0.15, -0.1) is 0 Å². The Bertz CT molecular complexity index is 409. The van der Waals surface area contributed by atoms with Gasteiger partial charge in [0.2, 0.25) is 0 Å². The fourth-order valence-corrected chi connectivity index (χ4v) is 1.05. The van der Waals surface area contributed by atoms with E-state index >= 15 is 0 Å². The molecule has 1 rings (SSSR count). The van der Waals surface area contributed by atoms with Gasteiger partial charge in [0, 0.05) is 13.0 Å². The Labute approximate surface area is 88.8 Å². The zero-order valence-electron chi connectivity index (χ0n) is 7.66. The second-order valence-corrected chi connectivity index (χ2v) is 2.74. The van der Waals surface area contributed by atoms with Crippen LogP contribution in [0.25, 0.3) is 0 Å². The van der Waals surface area contributed by atoms with Crippen molar-refractivity contribution in [2.75, 3.05) is 6.54 Å². The van der Waals surface area contributed by atoms with Gasteiger partial charge in [-0.3, -0.25) is 0 Å². The van der Waals surface area contributed by atoms with Crippen LogP contribution in [0.15, 0.2) is 29.3 Å². The average Bonchev–Trinajstić information content (AvgIpc) is 2.21. The predicted octanol–water partition coefficient (Wildman–Crippen LogP) is 2.12. The Kier molecular flexibility index (Phi) is 4.60. The molecule has 70 valence electrons. The molecule has 1 aromatic rings. The fourth-order valence-electron chi connectivity index (χ4n) is 0.956. The van der Waals surface area contributed by atoms with Gasteiger partial charge in [-0.25, -0.2) is 0 Å². The first-order valence-corrected chi connectivity index (χ1v) is 4.65. The molecule has 0 saturated heterocycles. The molecule has 0 heterocycles. The van der Waals surface area contributed by atoms with E-state index in [1.807, 2.05) is 24.3 Å². The number of benzene rings is 1. The van der Waals surface area contributed by atoms with Crippen LogP contribution in [0.2, 0.25) is 0 Å². The number of nitrogens with two attached hydrogens (primary N) is 1. The summed E-state index contributed by atoms with van der Waals surface area (Å²) in [7, 11) is 0. The summed E-state index contributed by atoms with van der Waals surface area (Å²) in [5, 5.41) is 2.33. The molecule has 0 aliphatic rings. The van der Waals surface area contributed by atoms with Crippen molar-refractivity contribution in [1.29, 1.82) is 0 Å². The molecule has 0 aromatic heterocycles. The Morgan fingerprint density at radius 3 is 2.86 bits per heavy atom. The number of hydrogen-bond acceptors (Lipinski definition) is 3. The molecule has 2 nitrogen and oxygen atoms in total. The average molecular weight is 202 g/mol. The standard InChI is InChI=1S/C11H10N2S/c12-8-4-3-6-10-5-1-2-7-11(10)13-9-14/h1-2,5,7H,4,8,12H2. The zero-order chi connectivity index (χ0) is 10.2. The zero-order valence-corrected chi connectivity index (χ0v) is 8.47. The Hall–Kier alpha value is -1.46. The summed E-state index contributed by atoms with van der Waals surface area (Å²) in [6.45, 7) is 0.575. The lowest BCUT2D eigenvalue weighted by atomic mass is 10.2. The van der Waals surface area contributed by atoms with E-state index in [9.17, 15) is 0 Å². The summed E-state index contributed by atoms with van der Waals surface area (Å²) < 4.78 is 0. The maximum atomic E-state index is 5.33. The van der Waals surface area contributed by atoms with Crippen molar-refractivity contribution in [1.82, 2.24) is 0 Å². The highest BCUT2D eigenvalue weighted by atomic mass is 32.1. The lowest BCUT2D eigenvalue weighted by Crippen LogP contribution is -1.95. The number of thiocarbonyl (C=S) groups is 1. The monoisotopic (exact) mass is 202 g/mol. The molecule has 0 saturated carbocycles. The van der Waals surface area contributed by atoms with Gasteiger partial charge >= 0.3 is 0 Å². The molecule has 14 heavy (non-hydrogen) atoms. The van der Waals surface area contributed by atoms with Gasteiger partial charge in [-0.2, -0.15) is 4.99 Å². The smallest absolute Gasteiger partial charge is 0.0895 e. The minimum absolute atomic E-state index is 0.575. The SMILES string of the molecule is NCCC#Cc1ccccc1N=C=S. The highest BCUT2D eigenvalue weighted by molar-refractivity contribution is 7.78. The molecule has 3 heteroatoms. The first-order valence-electron chi connectivity index (χ1n) is 4.24. The Morgan fingerprint density at radius 2 is 2.14 bits per heavy atom. The topological polar surface area (TPSA) is 38.4 Å². The van der Waals surface area contributed by atoms with E-state index < -0.39 is 0 Å². The van der Waals surface area contributed by atoms with Crippen LogP contribution >= 0.6 is 12.2 Å². The van der Waals surface area contributed by atoms with Crippen LogP contribution in [0.1, 0.15) is 12.0 Å². The molecular weight excluding hydrogens is 192 g/mol. The van der Waals surface area contributed by atoms with Crippen LogP contribution in [0.4, 0.5) is 5.69 Å². The summed E-state index contributed by atoms with van der Waals surface area (Å²) in [6, 6.07) is 7.55. The first kappa shape index (κ1) is 10.6. The van der Waals surface area contributed by atoms with Crippen LogP contribution in [0.5, 0.6) is 0 Å². The normalized spacial score (nSPS) is 8.36. The molecule has 0 radical (unpaired) electrons. The molecule has 0 spiro atoms. The molecule has 0 aliphatic carbocycles. The minimum Gasteiger partial charge on any atom is -0.330 e. The Morgan fingerprint density at radius 1 is 1.36 bits per heavy atom. The van der Waals surface area contributed by atoms with E-state index in [-0.39, 0.29) is 0 Å². The first-order chi connectivity index (χ1) is 6.88. The van der Waals surface area contributed by atoms with Gasteiger partial charge in [-0.05, 0) is 24.4 Å². The van der Waals surface area contributed by atoms with E-state index in [0.29, 0.717) is 13.0 Å². The van der Waals surface area contributed by atoms with Crippen LogP contribution in [0.3, 0.4) is 0 Å². The molecule has 0 amide bonds. The maximum absolute atomic E-state index is 5.33. The van der Waals surface area contributed by atoms with Gasteiger partial charge in [-0.1, -0.05) is 24.0 Å². The molecule has 0 atom stereocenters. The number of isothiocyanates is 1. The fraction of sp³-hybridized carbons (Fsp3) is 0.182. The summed E-state index contributed by atoms with van der Waals surface area (Å²) in [4.78, 5) is 3.92. The molecule has 0 aliphatic heterocycles. The minimum atomic E-state index is 0.575. The van der Waals surface area contributed by atoms with E-state index in [1.54, 1.807) is 0 Å². The van der Waals surface area contributed by atoms with Crippen LogP contribution < -0.4 is 5.73 Å². The summed E-state index contributed by atoms with van der Waals surface area (Å²) in [6.07, 6.45) is 0.690. The predicted molar refractivity (Wildman–Crippen MR) is 61.7 cm³/mol. The van der Waals surface area contributed by atoms with Gasteiger partial charge < -0.3 is 5.73 Å². The Balaban J connectivity index is 2.97. The molecule has 0 unspecified atom stereocenters. The second-order valence-electron chi connectivity index (χ2n) is 2.56. The van der Waals surface area contributed by atoms with E-state index in [4.69, 9.17) is 5.73 Å². The number of aliphatic imine (C=N–C) groups is 1.